The number of aromatic nitrogens is 2. The first-order valence-corrected chi connectivity index (χ1v) is 7.57. The van der Waals surface area contributed by atoms with E-state index in [1.807, 2.05) is 49.0 Å². The Labute approximate surface area is 126 Å². The fourth-order valence-corrected chi connectivity index (χ4v) is 2.58. The molecule has 1 heterocycles. The zero-order chi connectivity index (χ0) is 15.4. The summed E-state index contributed by atoms with van der Waals surface area (Å²) in [6, 6.07) is 9.80. The lowest BCUT2D eigenvalue weighted by Crippen LogP contribution is -2.25. The summed E-state index contributed by atoms with van der Waals surface area (Å²) in [4.78, 5) is 15.0. The molecule has 0 saturated heterocycles. The van der Waals surface area contributed by atoms with Crippen LogP contribution in [0.3, 0.4) is 0 Å². The Morgan fingerprint density at radius 1 is 1.19 bits per heavy atom. The largest absolute Gasteiger partial charge is 0.302 e. The molecule has 1 aromatic carbocycles. The van der Waals surface area contributed by atoms with Crippen molar-refractivity contribution in [2.24, 2.45) is 7.05 Å². The Hall–Kier alpha value is -1.81. The van der Waals surface area contributed by atoms with Crippen LogP contribution >= 0.6 is 0 Å². The minimum absolute atomic E-state index is 0.0875. The molecule has 2 aromatic rings. The molecule has 0 unspecified atom stereocenters. The second kappa shape index (κ2) is 6.76. The minimum atomic E-state index is 0.0875. The minimum Gasteiger partial charge on any atom is -0.302 e. The SMILES string of the molecule is CCCCN(C)Cc1c(C)n(C)n(-c2ccccc2)c1=O. The molecule has 0 aliphatic heterocycles. The standard InChI is InChI=1S/C17H25N3O/c1-5-6-12-18(3)13-16-14(2)19(4)20(17(16)21)15-10-8-7-9-11-15/h7-11H,5-6,12-13H2,1-4H3. The van der Waals surface area contributed by atoms with Crippen molar-refractivity contribution in [1.29, 1.82) is 0 Å². The van der Waals surface area contributed by atoms with Gasteiger partial charge in [0, 0.05) is 19.3 Å². The molecule has 4 heteroatoms. The van der Waals surface area contributed by atoms with Gasteiger partial charge in [0.15, 0.2) is 0 Å². The smallest absolute Gasteiger partial charge is 0.276 e. The molecule has 21 heavy (non-hydrogen) atoms. The Bertz CT molecular complexity index is 640. The molecule has 4 nitrogen and oxygen atoms in total. The highest BCUT2D eigenvalue weighted by Gasteiger charge is 2.16. The van der Waals surface area contributed by atoms with E-state index in [2.05, 4.69) is 18.9 Å². The number of unbranched alkanes of at least 4 members (excludes halogenated alkanes) is 1. The maximum absolute atomic E-state index is 12.7. The fraction of sp³-hybridized carbons (Fsp3) is 0.471. The van der Waals surface area contributed by atoms with E-state index < -0.39 is 0 Å². The molecule has 0 amide bonds. The highest BCUT2D eigenvalue weighted by atomic mass is 16.1. The molecule has 0 saturated carbocycles. The third-order valence-corrected chi connectivity index (χ3v) is 3.99. The third kappa shape index (κ3) is 3.27. The summed E-state index contributed by atoms with van der Waals surface area (Å²) >= 11 is 0. The predicted molar refractivity (Wildman–Crippen MR) is 87.0 cm³/mol. The molecular weight excluding hydrogens is 262 g/mol. The van der Waals surface area contributed by atoms with Gasteiger partial charge < -0.3 is 4.90 Å². The van der Waals surface area contributed by atoms with Gasteiger partial charge in [-0.1, -0.05) is 31.5 Å². The van der Waals surface area contributed by atoms with Gasteiger partial charge in [0.05, 0.1) is 11.3 Å². The van der Waals surface area contributed by atoms with Gasteiger partial charge in [-0.05, 0) is 39.1 Å². The quantitative estimate of drug-likeness (QED) is 0.818. The first-order valence-electron chi connectivity index (χ1n) is 7.57. The predicted octanol–water partition coefficient (Wildman–Crippen LogP) is 2.72. The molecule has 0 fully saturated rings. The summed E-state index contributed by atoms with van der Waals surface area (Å²) < 4.78 is 3.69. The summed E-state index contributed by atoms with van der Waals surface area (Å²) in [6.07, 6.45) is 2.33. The topological polar surface area (TPSA) is 30.2 Å². The Morgan fingerprint density at radius 2 is 1.86 bits per heavy atom. The molecule has 0 bridgehead atoms. The van der Waals surface area contributed by atoms with Crippen LogP contribution in [0.25, 0.3) is 5.69 Å². The van der Waals surface area contributed by atoms with E-state index in [1.165, 1.54) is 6.42 Å². The third-order valence-electron chi connectivity index (χ3n) is 3.99. The van der Waals surface area contributed by atoms with Crippen LogP contribution in [0.2, 0.25) is 0 Å². The molecule has 0 aliphatic carbocycles. The first kappa shape index (κ1) is 15.6. The van der Waals surface area contributed by atoms with E-state index in [0.29, 0.717) is 6.54 Å². The summed E-state index contributed by atoms with van der Waals surface area (Å²) in [7, 11) is 4.02. The number of benzene rings is 1. The summed E-state index contributed by atoms with van der Waals surface area (Å²) in [5.41, 5.74) is 2.92. The highest BCUT2D eigenvalue weighted by molar-refractivity contribution is 5.33. The van der Waals surface area contributed by atoms with Gasteiger partial charge >= 0.3 is 0 Å². The lowest BCUT2D eigenvalue weighted by molar-refractivity contribution is 0.319. The van der Waals surface area contributed by atoms with Gasteiger partial charge in [0.1, 0.15) is 0 Å². The average Bonchev–Trinajstić information content (AvgIpc) is 2.70. The lowest BCUT2D eigenvalue weighted by atomic mass is 10.2. The van der Waals surface area contributed by atoms with Crippen LogP contribution in [0.4, 0.5) is 0 Å². The van der Waals surface area contributed by atoms with E-state index in [-0.39, 0.29) is 5.56 Å². The fourth-order valence-electron chi connectivity index (χ4n) is 2.58. The van der Waals surface area contributed by atoms with Crippen molar-refractivity contribution in [3.63, 3.8) is 0 Å². The molecule has 114 valence electrons. The summed E-state index contributed by atoms with van der Waals surface area (Å²) in [5.74, 6) is 0. The van der Waals surface area contributed by atoms with E-state index in [0.717, 1.165) is 29.9 Å². The summed E-state index contributed by atoms with van der Waals surface area (Å²) in [6.45, 7) is 5.93. The van der Waals surface area contributed by atoms with Crippen LogP contribution in [-0.4, -0.2) is 27.9 Å². The zero-order valence-corrected chi connectivity index (χ0v) is 13.5. The molecule has 0 N–H and O–H groups in total. The van der Waals surface area contributed by atoms with Gasteiger partial charge in [0.2, 0.25) is 0 Å². The van der Waals surface area contributed by atoms with Crippen LogP contribution in [0, 0.1) is 6.92 Å². The lowest BCUT2D eigenvalue weighted by Gasteiger charge is -2.14. The average molecular weight is 287 g/mol. The molecule has 2 rings (SSSR count). The molecule has 1 aromatic heterocycles. The molecule has 0 radical (unpaired) electrons. The Kier molecular flexibility index (Phi) is 5.02. The molecule has 0 atom stereocenters. The van der Waals surface area contributed by atoms with Gasteiger partial charge in [-0.25, -0.2) is 4.68 Å². The van der Waals surface area contributed by atoms with Gasteiger partial charge in [-0.2, -0.15) is 0 Å². The maximum atomic E-state index is 12.7. The van der Waals surface area contributed by atoms with Gasteiger partial charge in [0.25, 0.3) is 5.56 Å². The van der Waals surface area contributed by atoms with Crippen LogP contribution in [0.5, 0.6) is 0 Å². The van der Waals surface area contributed by atoms with Crippen LogP contribution in [0.1, 0.15) is 31.0 Å². The van der Waals surface area contributed by atoms with Crippen molar-refractivity contribution in [3.8, 4) is 5.69 Å². The van der Waals surface area contributed by atoms with Crippen LogP contribution in [0.15, 0.2) is 35.1 Å². The van der Waals surface area contributed by atoms with E-state index in [1.54, 1.807) is 4.68 Å². The summed E-state index contributed by atoms with van der Waals surface area (Å²) in [5, 5.41) is 0. The van der Waals surface area contributed by atoms with Crippen molar-refractivity contribution < 1.29 is 0 Å². The second-order valence-electron chi connectivity index (χ2n) is 5.63. The van der Waals surface area contributed by atoms with Crippen LogP contribution < -0.4 is 5.56 Å². The maximum Gasteiger partial charge on any atom is 0.276 e. The second-order valence-corrected chi connectivity index (χ2v) is 5.63. The molecule has 0 aliphatic rings. The highest BCUT2D eigenvalue weighted by Crippen LogP contribution is 2.11. The first-order chi connectivity index (χ1) is 10.1. The van der Waals surface area contributed by atoms with E-state index >= 15 is 0 Å². The monoisotopic (exact) mass is 287 g/mol. The number of nitrogens with zero attached hydrogens (tertiary/aromatic N) is 3. The number of hydrogen-bond donors (Lipinski definition) is 0. The molecular formula is C17H25N3O. The Balaban J connectivity index is 2.35. The molecule has 0 spiro atoms. The van der Waals surface area contributed by atoms with Crippen molar-refractivity contribution in [2.45, 2.75) is 33.2 Å². The van der Waals surface area contributed by atoms with Gasteiger partial charge in [-0.15, -0.1) is 0 Å². The number of rotatable bonds is 6. The van der Waals surface area contributed by atoms with Gasteiger partial charge in [-0.3, -0.25) is 9.48 Å². The number of para-hydroxylation sites is 1. The van der Waals surface area contributed by atoms with E-state index in [9.17, 15) is 4.79 Å². The zero-order valence-electron chi connectivity index (χ0n) is 13.5. The van der Waals surface area contributed by atoms with Crippen molar-refractivity contribution in [3.05, 3.63) is 51.9 Å². The van der Waals surface area contributed by atoms with Crippen molar-refractivity contribution in [2.75, 3.05) is 13.6 Å². The number of hydrogen-bond acceptors (Lipinski definition) is 2. The van der Waals surface area contributed by atoms with Crippen LogP contribution in [-0.2, 0) is 13.6 Å². The Morgan fingerprint density at radius 3 is 2.48 bits per heavy atom. The van der Waals surface area contributed by atoms with Crippen molar-refractivity contribution in [1.82, 2.24) is 14.3 Å². The van der Waals surface area contributed by atoms with E-state index in [4.69, 9.17) is 0 Å². The van der Waals surface area contributed by atoms with Crippen molar-refractivity contribution >= 4 is 0 Å². The normalized spacial score (nSPS) is 11.3.